The monoisotopic (exact) mass is 1150 g/mol. The third kappa shape index (κ3) is 13.6. The first kappa shape index (κ1) is 61.0. The van der Waals surface area contributed by atoms with Crippen molar-refractivity contribution in [1.29, 1.82) is 0 Å². The van der Waals surface area contributed by atoms with Gasteiger partial charge in [0.05, 0.1) is 56.7 Å². The first-order valence-electron chi connectivity index (χ1n) is 25.4. The highest BCUT2D eigenvalue weighted by atomic mass is 19.4. The lowest BCUT2D eigenvalue weighted by molar-refractivity contribution is -0.320. The van der Waals surface area contributed by atoms with Gasteiger partial charge in [-0.25, -0.2) is 36.9 Å². The summed E-state index contributed by atoms with van der Waals surface area (Å²) in [6, 6.07) is 4.93. The van der Waals surface area contributed by atoms with Crippen LogP contribution in [0.2, 0.25) is 0 Å². The number of ether oxygens (including phenoxy) is 3. The number of alkyl carbamates (subject to hydrolysis) is 2. The summed E-state index contributed by atoms with van der Waals surface area (Å²) in [5, 5.41) is 24.5. The van der Waals surface area contributed by atoms with E-state index in [2.05, 4.69) is 35.8 Å². The number of aromatic nitrogens is 3. The number of amides is 4. The molecule has 7 rings (SSSR count). The number of carbonyl (C=O) groups excluding carboxylic acids is 4. The van der Waals surface area contributed by atoms with E-state index in [-0.39, 0.29) is 58.1 Å². The number of nitrogens with one attached hydrogen (secondary N) is 4. The second-order valence-corrected chi connectivity index (χ2v) is 21.0. The van der Waals surface area contributed by atoms with Gasteiger partial charge in [0.15, 0.2) is 6.04 Å². The van der Waals surface area contributed by atoms with Gasteiger partial charge in [-0.3, -0.25) is 20.1 Å². The van der Waals surface area contributed by atoms with E-state index < -0.39 is 121 Å². The van der Waals surface area contributed by atoms with Gasteiger partial charge in [-0.1, -0.05) is 24.3 Å². The summed E-state index contributed by atoms with van der Waals surface area (Å²) in [6.45, 7) is 2.40. The molecule has 7 atom stereocenters. The summed E-state index contributed by atoms with van der Waals surface area (Å²) in [5.74, 6) is -4.48. The number of anilines is 1. The van der Waals surface area contributed by atoms with Gasteiger partial charge >= 0.3 is 30.4 Å². The fraction of sp³-hybridized carbons (Fsp3) is 0.538. The van der Waals surface area contributed by atoms with Gasteiger partial charge in [-0.2, -0.15) is 31.4 Å². The summed E-state index contributed by atoms with van der Waals surface area (Å²) < 4.78 is 162. The predicted molar refractivity (Wildman–Crippen MR) is 266 cm³/mol. The molecule has 18 nitrogen and oxygen atoms in total. The molecule has 8 N–H and O–H groups in total. The van der Waals surface area contributed by atoms with Crippen LogP contribution < -0.4 is 31.9 Å². The third-order valence-electron chi connectivity index (χ3n) is 15.2. The zero-order valence-corrected chi connectivity index (χ0v) is 44.2. The zero-order valence-electron chi connectivity index (χ0n) is 44.2. The molecule has 3 saturated heterocycles. The van der Waals surface area contributed by atoms with Gasteiger partial charge in [0, 0.05) is 67.3 Å². The molecular weight excluding hydrogens is 1080 g/mol. The van der Waals surface area contributed by atoms with Crippen LogP contribution in [0.1, 0.15) is 50.3 Å². The van der Waals surface area contributed by atoms with Crippen molar-refractivity contribution >= 4 is 29.8 Å². The standard InChI is InChI=1S/C52H62F10N10O8/c1-49(2,51(57,58)59)44(68-48(77)79-5)46(75)66-39(40(73)21-64-19-35-36(53)15-29(16-37(35)54)38-12-13-71(69-38)24-41(55)56)14-27-6-8-28(9-7-27)34-20-65-42(70-22-31-10-11-32(23-70)72(31)33-25-80-26-33)17-30(34)18-50(3,52(60,61)62)43(45(63)74)67-47(76)78-4/h6-9,12-13,15-17,20,31-33,39-41,43-44,64,73H,10-11,14,18-19,21-26H2,1-5H3,(H2,63,74)(H,66,75)(H,67,76)(H,68,77)/p+1/t31?,32?,39-,40-,43+,44+,50?/m0/s1. The Balaban J connectivity index is 1.19. The van der Waals surface area contributed by atoms with E-state index in [0.717, 1.165) is 50.8 Å². The molecule has 0 saturated carbocycles. The van der Waals surface area contributed by atoms with Gasteiger partial charge in [0.2, 0.25) is 5.91 Å². The second kappa shape index (κ2) is 24.6. The van der Waals surface area contributed by atoms with Crippen LogP contribution in [0.25, 0.3) is 22.4 Å². The van der Waals surface area contributed by atoms with E-state index in [1.54, 1.807) is 0 Å². The van der Waals surface area contributed by atoms with Crippen molar-refractivity contribution < 1.29 is 88.1 Å². The topological polar surface area (TPSA) is 229 Å². The highest BCUT2D eigenvalue weighted by Gasteiger charge is 2.60. The number of halogens is 10. The van der Waals surface area contributed by atoms with Crippen LogP contribution in [0, 0.1) is 22.5 Å². The van der Waals surface area contributed by atoms with Gasteiger partial charge in [-0.15, -0.1) is 0 Å². The van der Waals surface area contributed by atoms with Crippen molar-refractivity contribution in [3.63, 3.8) is 0 Å². The Morgan fingerprint density at radius 1 is 0.825 bits per heavy atom. The fourth-order valence-electron chi connectivity index (χ4n) is 10.4. The number of rotatable bonds is 22. The number of hydrogen-bond acceptors (Lipinski definition) is 13. The molecule has 0 spiro atoms. The van der Waals surface area contributed by atoms with E-state index >= 15 is 22.0 Å². The van der Waals surface area contributed by atoms with Gasteiger partial charge in [0.1, 0.15) is 35.5 Å². The molecule has 80 heavy (non-hydrogen) atoms. The number of piperazine rings is 1. The number of aliphatic hydroxyl groups excluding tert-OH is 1. The largest absolute Gasteiger partial charge is 0.453 e. The van der Waals surface area contributed by atoms with Crippen LogP contribution in [-0.2, 0) is 49.7 Å². The maximum absolute atomic E-state index is 15.5. The summed E-state index contributed by atoms with van der Waals surface area (Å²) in [7, 11) is 1.78. The quantitative estimate of drug-likeness (QED) is 0.0550. The molecule has 0 aliphatic carbocycles. The van der Waals surface area contributed by atoms with Crippen molar-refractivity contribution in [3.8, 4) is 22.4 Å². The second-order valence-electron chi connectivity index (χ2n) is 21.0. The van der Waals surface area contributed by atoms with Gasteiger partial charge in [0.25, 0.3) is 6.43 Å². The minimum absolute atomic E-state index is 0.00438. The molecule has 4 aromatic rings. The van der Waals surface area contributed by atoms with Crippen molar-refractivity contribution in [1.82, 2.24) is 40.9 Å². The fourth-order valence-corrected chi connectivity index (χ4v) is 10.4. The first-order chi connectivity index (χ1) is 37.5. The SMILES string of the molecule is COC(=O)N[C@H](C(=O)N[C@@H](Cc1ccc(-c2cnc(N3CC4CCC(C3)N4C3COC3)cc2CC(C)([C@H](NC(=O)OC)C([NH3+])=O)C(F)(F)F)cc1)[C@@H](O)CNCc1c(F)cc(-c2ccn(CC(F)F)n2)cc1F)C(C)(C)C(F)(F)F. The lowest BCUT2D eigenvalue weighted by Gasteiger charge is -2.48. The van der Waals surface area contributed by atoms with Crippen LogP contribution in [0.15, 0.2) is 60.9 Å². The molecule has 2 aromatic carbocycles. The van der Waals surface area contributed by atoms with E-state index in [9.17, 15) is 46.2 Å². The molecule has 3 unspecified atom stereocenters. The van der Waals surface area contributed by atoms with Crippen LogP contribution in [-0.4, -0.2) is 157 Å². The van der Waals surface area contributed by atoms with Crippen molar-refractivity contribution in [2.75, 3.05) is 52.0 Å². The Morgan fingerprint density at radius 2 is 1.43 bits per heavy atom. The smallest absolute Gasteiger partial charge is 0.407 e. The van der Waals surface area contributed by atoms with Crippen LogP contribution in [0.5, 0.6) is 0 Å². The number of methoxy groups -OCH3 is 2. The number of alkyl halides is 8. The Labute approximate surface area is 453 Å². The molecule has 438 valence electrons. The average molecular weight is 1150 g/mol. The molecule has 3 fully saturated rings. The summed E-state index contributed by atoms with van der Waals surface area (Å²) in [6.07, 6.45) is -14.3. The van der Waals surface area contributed by atoms with Crippen molar-refractivity contribution in [2.24, 2.45) is 10.8 Å². The Kier molecular flexibility index (Phi) is 18.8. The van der Waals surface area contributed by atoms with Crippen LogP contribution >= 0.6 is 0 Å². The summed E-state index contributed by atoms with van der Waals surface area (Å²) in [5.41, 5.74) is -2.50. The molecule has 2 aromatic heterocycles. The van der Waals surface area contributed by atoms with E-state index in [1.807, 2.05) is 15.5 Å². The number of hydrogen-bond donors (Lipinski definition) is 6. The first-order valence-corrected chi connectivity index (χ1v) is 25.4. The summed E-state index contributed by atoms with van der Waals surface area (Å²) >= 11 is 0. The van der Waals surface area contributed by atoms with Gasteiger partial charge in [-0.05, 0) is 87.4 Å². The molecule has 3 aliphatic heterocycles. The Hall–Kier alpha value is -6.62. The van der Waals surface area contributed by atoms with Crippen LogP contribution in [0.3, 0.4) is 0 Å². The predicted octanol–water partition coefficient (Wildman–Crippen LogP) is 5.30. The highest BCUT2D eigenvalue weighted by molar-refractivity contribution is 5.87. The van der Waals surface area contributed by atoms with E-state index in [1.165, 1.54) is 48.8 Å². The minimum atomic E-state index is -5.14. The lowest BCUT2D eigenvalue weighted by Crippen LogP contribution is -2.72. The van der Waals surface area contributed by atoms with Crippen LogP contribution in [0.4, 0.5) is 59.3 Å². The van der Waals surface area contributed by atoms with Gasteiger partial charge < -0.3 is 45.5 Å². The molecule has 28 heteroatoms. The Morgan fingerprint density at radius 3 is 1.95 bits per heavy atom. The molecular formula is C52H63F10N10O8+. The lowest BCUT2D eigenvalue weighted by atomic mass is 9.74. The molecule has 3 aliphatic rings. The highest BCUT2D eigenvalue weighted by Crippen LogP contribution is 2.46. The number of quaternary nitrogens is 1. The molecule has 5 heterocycles. The van der Waals surface area contributed by atoms with E-state index in [0.29, 0.717) is 46.0 Å². The number of nitrogens with zero attached hydrogens (tertiary/aromatic N) is 5. The minimum Gasteiger partial charge on any atom is -0.453 e. The van der Waals surface area contributed by atoms with Crippen molar-refractivity contribution in [2.45, 2.75) is 121 Å². The zero-order chi connectivity index (χ0) is 58.6. The maximum atomic E-state index is 15.5. The van der Waals surface area contributed by atoms with E-state index in [4.69, 9.17) is 9.72 Å². The molecule has 2 bridgehead atoms. The Bertz CT molecular complexity index is 2820. The average Bonchev–Trinajstić information content (AvgIpc) is 3.95. The number of benzene rings is 2. The number of carbonyl (C=O) groups is 4. The molecule has 4 amide bonds. The maximum Gasteiger partial charge on any atom is 0.407 e. The van der Waals surface area contributed by atoms with Crippen molar-refractivity contribution in [3.05, 3.63) is 89.2 Å². The summed E-state index contributed by atoms with van der Waals surface area (Å²) in [4.78, 5) is 60.7. The molecule has 0 radical (unpaired) electrons. The third-order valence-corrected chi connectivity index (χ3v) is 15.2. The number of aliphatic hydroxyl groups is 1. The number of fused-ring (bicyclic) bond motifs is 2. The normalized spacial score (nSPS) is 19.4. The number of pyridine rings is 1.